The molecule has 3 aromatic carbocycles. The van der Waals surface area contributed by atoms with Crippen molar-refractivity contribution in [3.05, 3.63) is 81.1 Å². The van der Waals surface area contributed by atoms with Crippen LogP contribution in [0.3, 0.4) is 0 Å². The number of nitrogens with zero attached hydrogens (tertiary/aromatic N) is 3. The summed E-state index contributed by atoms with van der Waals surface area (Å²) in [5, 5.41) is 18.7. The van der Waals surface area contributed by atoms with Gasteiger partial charge in [-0.25, -0.2) is 13.9 Å². The predicted octanol–water partition coefficient (Wildman–Crippen LogP) is 5.85. The van der Waals surface area contributed by atoms with Crippen molar-refractivity contribution in [3.63, 3.8) is 0 Å². The van der Waals surface area contributed by atoms with Crippen molar-refractivity contribution < 1.29 is 28.6 Å². The lowest BCUT2D eigenvalue weighted by Crippen LogP contribution is -2.54. The molecule has 1 saturated heterocycles. The van der Waals surface area contributed by atoms with E-state index in [0.717, 1.165) is 12.8 Å². The highest BCUT2D eigenvalue weighted by molar-refractivity contribution is 6.31. The zero-order valence-corrected chi connectivity index (χ0v) is 24.3. The number of carbonyl (C=O) groups excluding carboxylic acids is 1. The number of likely N-dealkylation sites (tertiary alicyclic amines) is 1. The van der Waals surface area contributed by atoms with Gasteiger partial charge in [-0.15, -0.1) is 0 Å². The molecule has 220 valence electrons. The van der Waals surface area contributed by atoms with E-state index in [1.54, 1.807) is 35.0 Å². The van der Waals surface area contributed by atoms with Gasteiger partial charge < -0.3 is 19.9 Å². The van der Waals surface area contributed by atoms with E-state index in [4.69, 9.17) is 37.8 Å². The first-order valence-corrected chi connectivity index (χ1v) is 14.8. The highest BCUT2D eigenvalue weighted by Gasteiger charge is 2.69. The van der Waals surface area contributed by atoms with Gasteiger partial charge in [0.05, 0.1) is 35.1 Å². The summed E-state index contributed by atoms with van der Waals surface area (Å²) in [5.41, 5.74) is 0.586. The number of hydrogen-bond acceptors (Lipinski definition) is 6. The molecule has 4 heterocycles. The number of carbonyl (C=O) groups is 2. The maximum Gasteiger partial charge on any atom is 0.339 e. The number of ether oxygens (including phenoxy) is 2. The fraction of sp³-hybridized carbons (Fsp3) is 0.323. The van der Waals surface area contributed by atoms with Crippen molar-refractivity contribution >= 4 is 51.7 Å². The van der Waals surface area contributed by atoms with Crippen molar-refractivity contribution in [3.8, 4) is 11.6 Å². The molecule has 1 spiro atoms. The molecule has 2 fully saturated rings. The number of fused-ring (bicyclic) bond motifs is 7. The minimum atomic E-state index is -1.32. The molecule has 4 atom stereocenters. The molecule has 2 N–H and O–H groups in total. The van der Waals surface area contributed by atoms with Gasteiger partial charge in [-0.05, 0) is 54.7 Å². The Labute approximate surface area is 255 Å². The SMILES string of the molecule is COc1cc2c3n(nc2cc1C(=O)O)[C@@H]1[C@H](CO3)N(CC2CC2)[C@@]2(C(=O)Nc3cc(Cl)ccc32)[C@H]1c1cccc(Cl)c1F. The minimum Gasteiger partial charge on any atom is -0.496 e. The Morgan fingerprint density at radius 3 is 2.79 bits per heavy atom. The number of amides is 1. The van der Waals surface area contributed by atoms with Crippen molar-refractivity contribution in [2.45, 2.75) is 36.4 Å². The summed E-state index contributed by atoms with van der Waals surface area (Å²) in [7, 11) is 1.40. The van der Waals surface area contributed by atoms with Gasteiger partial charge >= 0.3 is 5.97 Å². The predicted molar refractivity (Wildman–Crippen MR) is 157 cm³/mol. The molecule has 4 aliphatic rings. The molecule has 0 unspecified atom stereocenters. The Hall–Kier alpha value is -3.86. The van der Waals surface area contributed by atoms with Crippen LogP contribution in [0.5, 0.6) is 11.6 Å². The van der Waals surface area contributed by atoms with Crippen LogP contribution in [-0.4, -0.2) is 58.0 Å². The standard InChI is InChI=1S/C31H25Cl2FN4O5/c1-42-24-11-17-21(10-18(24)29(39)40)36-38-27-23(13-43-28(17)38)37(12-14-5-6-14)31(25(27)16-3-2-4-20(33)26(16)34)19-8-7-15(32)9-22(19)35-30(31)41/h2-4,7-11,14,23,25,27H,5-6,12-13H2,1H3,(H,35,41)(H,39,40)/t23-,25-,27+,31+/m0/s1. The number of benzene rings is 3. The number of rotatable bonds is 5. The number of anilines is 1. The third-order valence-corrected chi connectivity index (χ3v) is 9.90. The second-order valence-electron chi connectivity index (χ2n) is 11.6. The summed E-state index contributed by atoms with van der Waals surface area (Å²) in [5.74, 6) is -1.88. The van der Waals surface area contributed by atoms with E-state index in [0.29, 0.717) is 45.5 Å². The van der Waals surface area contributed by atoms with Crippen LogP contribution in [0.2, 0.25) is 10.0 Å². The van der Waals surface area contributed by atoms with Gasteiger partial charge in [0, 0.05) is 28.7 Å². The van der Waals surface area contributed by atoms with E-state index in [9.17, 15) is 14.7 Å². The Kier molecular flexibility index (Phi) is 5.80. The average molecular weight is 623 g/mol. The summed E-state index contributed by atoms with van der Waals surface area (Å²) in [6.45, 7) is 0.809. The normalized spacial score (nSPS) is 25.8. The lowest BCUT2D eigenvalue weighted by Gasteiger charge is -2.39. The second-order valence-corrected chi connectivity index (χ2v) is 12.5. The van der Waals surface area contributed by atoms with Gasteiger partial charge in [-0.2, -0.15) is 5.10 Å². The summed E-state index contributed by atoms with van der Waals surface area (Å²) in [4.78, 5) is 28.7. The maximum atomic E-state index is 16.2. The molecule has 43 heavy (non-hydrogen) atoms. The van der Waals surface area contributed by atoms with E-state index in [2.05, 4.69) is 10.2 Å². The van der Waals surface area contributed by atoms with Crippen LogP contribution in [0.25, 0.3) is 10.9 Å². The molecule has 9 nitrogen and oxygen atoms in total. The summed E-state index contributed by atoms with van der Waals surface area (Å²) in [6, 6.07) is 12.2. The van der Waals surface area contributed by atoms with Gasteiger partial charge in [0.15, 0.2) is 0 Å². The highest BCUT2D eigenvalue weighted by Crippen LogP contribution is 2.63. The van der Waals surface area contributed by atoms with Gasteiger partial charge in [0.1, 0.15) is 29.3 Å². The van der Waals surface area contributed by atoms with Crippen LogP contribution < -0.4 is 14.8 Å². The van der Waals surface area contributed by atoms with Crippen LogP contribution >= 0.6 is 23.2 Å². The Morgan fingerprint density at radius 1 is 1.23 bits per heavy atom. The fourth-order valence-corrected chi connectivity index (χ4v) is 7.81. The fourth-order valence-electron chi connectivity index (χ4n) is 7.45. The minimum absolute atomic E-state index is 0.0429. The molecule has 1 amide bonds. The van der Waals surface area contributed by atoms with E-state index < -0.39 is 29.3 Å². The Balaban J connectivity index is 1.43. The highest BCUT2D eigenvalue weighted by atomic mass is 35.5. The third kappa shape index (κ3) is 3.63. The van der Waals surface area contributed by atoms with Crippen LogP contribution in [0.4, 0.5) is 10.1 Å². The monoisotopic (exact) mass is 622 g/mol. The second kappa shape index (κ2) is 9.32. The molecular formula is C31H25Cl2FN4O5. The third-order valence-electron chi connectivity index (χ3n) is 9.37. The molecule has 1 aromatic heterocycles. The topological polar surface area (TPSA) is 106 Å². The molecule has 0 bridgehead atoms. The zero-order valence-electron chi connectivity index (χ0n) is 22.8. The summed E-state index contributed by atoms with van der Waals surface area (Å²) >= 11 is 12.7. The molecular weight excluding hydrogens is 598 g/mol. The largest absolute Gasteiger partial charge is 0.496 e. The first-order chi connectivity index (χ1) is 20.7. The first-order valence-electron chi connectivity index (χ1n) is 14.0. The molecule has 12 heteroatoms. The number of halogens is 3. The van der Waals surface area contributed by atoms with E-state index in [-0.39, 0.29) is 40.5 Å². The van der Waals surface area contributed by atoms with Crippen molar-refractivity contribution in [2.24, 2.45) is 5.92 Å². The summed E-state index contributed by atoms with van der Waals surface area (Å²) in [6.07, 6.45) is 2.07. The number of nitrogens with one attached hydrogen (secondary N) is 1. The van der Waals surface area contributed by atoms with Gasteiger partial charge in [-0.1, -0.05) is 41.4 Å². The van der Waals surface area contributed by atoms with Gasteiger partial charge in [0.25, 0.3) is 0 Å². The Morgan fingerprint density at radius 2 is 2.05 bits per heavy atom. The molecule has 8 rings (SSSR count). The van der Waals surface area contributed by atoms with Crippen molar-refractivity contribution in [1.29, 1.82) is 0 Å². The quantitative estimate of drug-likeness (QED) is 0.288. The van der Waals surface area contributed by atoms with E-state index >= 15 is 4.39 Å². The van der Waals surface area contributed by atoms with E-state index in [1.165, 1.54) is 19.2 Å². The number of hydrogen-bond donors (Lipinski definition) is 2. The molecule has 4 aromatic rings. The number of carboxylic acids is 1. The van der Waals surface area contributed by atoms with Crippen LogP contribution in [0.15, 0.2) is 48.5 Å². The lowest BCUT2D eigenvalue weighted by atomic mass is 9.73. The number of aromatic carboxylic acids is 1. The maximum absolute atomic E-state index is 16.2. The van der Waals surface area contributed by atoms with Gasteiger partial charge in [0.2, 0.25) is 11.8 Å². The van der Waals surface area contributed by atoms with Crippen molar-refractivity contribution in [1.82, 2.24) is 14.7 Å². The average Bonchev–Trinajstić information content (AvgIpc) is 3.58. The number of aromatic nitrogens is 2. The van der Waals surface area contributed by atoms with Crippen LogP contribution in [0.1, 0.15) is 46.3 Å². The number of methoxy groups -OCH3 is 1. The Bertz CT molecular complexity index is 1880. The number of carboxylic acid groups (broad SMARTS) is 1. The van der Waals surface area contributed by atoms with Crippen LogP contribution in [-0.2, 0) is 10.3 Å². The zero-order chi connectivity index (χ0) is 29.8. The van der Waals surface area contributed by atoms with E-state index in [1.807, 2.05) is 6.07 Å². The van der Waals surface area contributed by atoms with Crippen molar-refractivity contribution in [2.75, 3.05) is 25.6 Å². The van der Waals surface area contributed by atoms with Gasteiger partial charge in [-0.3, -0.25) is 9.69 Å². The molecule has 1 saturated carbocycles. The molecule has 3 aliphatic heterocycles. The first kappa shape index (κ1) is 26.7. The van der Waals surface area contributed by atoms with Crippen LogP contribution in [0, 0.1) is 11.7 Å². The lowest BCUT2D eigenvalue weighted by molar-refractivity contribution is -0.128. The molecule has 1 aliphatic carbocycles. The smallest absolute Gasteiger partial charge is 0.339 e. The molecule has 0 radical (unpaired) electrons. The summed E-state index contributed by atoms with van der Waals surface area (Å²) < 4.78 is 29.7.